The molecule has 1 heterocycles. The molecule has 232 valence electrons. The second kappa shape index (κ2) is 12.4. The van der Waals surface area contributed by atoms with Crippen molar-refractivity contribution >= 4 is 32.4 Å². The minimum Gasteiger partial charge on any atom is -0.456 e. The summed E-state index contributed by atoms with van der Waals surface area (Å²) >= 11 is 0. The lowest BCUT2D eigenvalue weighted by Crippen LogP contribution is -2.24. The molecule has 0 unspecified atom stereocenters. The maximum atomic E-state index is 12.9. The first-order chi connectivity index (χ1) is 21.2. The zero-order valence-electron chi connectivity index (χ0n) is 26.8. The largest absolute Gasteiger partial charge is 0.456 e. The van der Waals surface area contributed by atoms with Gasteiger partial charge in [0, 0.05) is 41.6 Å². The Labute approximate surface area is 266 Å². The number of aromatic nitrogens is 1. The van der Waals surface area contributed by atoms with Gasteiger partial charge in [-0.2, -0.15) is 0 Å². The molecule has 0 atom stereocenters. The molecule has 1 aromatic heterocycles. The van der Waals surface area contributed by atoms with Crippen molar-refractivity contribution in [3.8, 4) is 11.1 Å². The summed E-state index contributed by atoms with van der Waals surface area (Å²) in [6.07, 6.45) is 1.21. The predicted octanol–water partition coefficient (Wildman–Crippen LogP) is 8.09. The normalized spacial score (nSPS) is 11.9. The van der Waals surface area contributed by atoms with Crippen molar-refractivity contribution in [3.63, 3.8) is 0 Å². The Kier molecular flexibility index (Phi) is 8.77. The number of benzene rings is 4. The Bertz CT molecular complexity index is 2000. The highest BCUT2D eigenvalue weighted by Crippen LogP contribution is 2.30. The fraction of sp³-hybridized carbons (Fsp3) is 0.237. The van der Waals surface area contributed by atoms with Gasteiger partial charge in [-0.25, -0.2) is 13.2 Å². The lowest BCUT2D eigenvalue weighted by atomic mass is 9.98. The van der Waals surface area contributed by atoms with Crippen molar-refractivity contribution in [2.24, 2.45) is 0 Å². The van der Waals surface area contributed by atoms with Crippen LogP contribution in [0.5, 0.6) is 0 Å². The molecule has 4 aromatic carbocycles. The van der Waals surface area contributed by atoms with Gasteiger partial charge in [-0.1, -0.05) is 67.2 Å². The van der Waals surface area contributed by atoms with Gasteiger partial charge < -0.3 is 14.6 Å². The molecule has 0 aliphatic carbocycles. The van der Waals surface area contributed by atoms with Crippen LogP contribution in [-0.2, 0) is 27.7 Å². The van der Waals surface area contributed by atoms with Crippen molar-refractivity contribution in [1.29, 1.82) is 0 Å². The highest BCUT2D eigenvalue weighted by Gasteiger charge is 2.21. The summed E-state index contributed by atoms with van der Waals surface area (Å²) in [4.78, 5) is 13.2. The summed E-state index contributed by atoms with van der Waals surface area (Å²) in [5, 5.41) is 4.55. The van der Waals surface area contributed by atoms with Crippen molar-refractivity contribution in [2.45, 2.75) is 58.2 Å². The molecule has 45 heavy (non-hydrogen) atoms. The highest BCUT2D eigenvalue weighted by atomic mass is 32.2. The van der Waals surface area contributed by atoms with Crippen molar-refractivity contribution in [1.82, 2.24) is 9.88 Å². The molecule has 5 rings (SSSR count). The number of hydrogen-bond donors (Lipinski definition) is 1. The SMILES string of the molecule is C=C(NCc1ccc(S(C)(=O)=O)cc1)c1ccc2c(c1)c(C)c(C)n2Cc1ccc(-c2ccccc2C(=O)OC(C)(C)C)cc1. The third kappa shape index (κ3) is 7.21. The van der Waals surface area contributed by atoms with Crippen LogP contribution in [0.1, 0.15) is 59.1 Å². The number of nitrogens with zero attached hydrogens (tertiary/aromatic N) is 1. The third-order valence-electron chi connectivity index (χ3n) is 8.00. The molecule has 0 fully saturated rings. The maximum Gasteiger partial charge on any atom is 0.339 e. The second-order valence-corrected chi connectivity index (χ2v) is 14.5. The van der Waals surface area contributed by atoms with Crippen LogP contribution in [0.15, 0.2) is 102 Å². The first kappa shape index (κ1) is 31.8. The summed E-state index contributed by atoms with van der Waals surface area (Å²) in [6.45, 7) is 15.4. The van der Waals surface area contributed by atoms with Crippen LogP contribution in [0.3, 0.4) is 0 Å². The lowest BCUT2D eigenvalue weighted by molar-refractivity contribution is 0.00704. The van der Waals surface area contributed by atoms with Crippen LogP contribution in [0.25, 0.3) is 27.7 Å². The van der Waals surface area contributed by atoms with Crippen LogP contribution in [0, 0.1) is 13.8 Å². The van der Waals surface area contributed by atoms with Crippen molar-refractivity contribution in [3.05, 3.63) is 131 Å². The average Bonchev–Trinajstić information content (AvgIpc) is 3.23. The number of nitrogens with one attached hydrogen (secondary N) is 1. The Morgan fingerprint density at radius 1 is 0.889 bits per heavy atom. The van der Waals surface area contributed by atoms with E-state index < -0.39 is 15.4 Å². The summed E-state index contributed by atoms with van der Waals surface area (Å²) in [7, 11) is -3.22. The average molecular weight is 621 g/mol. The van der Waals surface area contributed by atoms with Gasteiger partial charge >= 0.3 is 5.97 Å². The van der Waals surface area contributed by atoms with Crippen LogP contribution in [0.2, 0.25) is 0 Å². The fourth-order valence-electron chi connectivity index (χ4n) is 5.42. The van der Waals surface area contributed by atoms with E-state index in [9.17, 15) is 13.2 Å². The fourth-order valence-corrected chi connectivity index (χ4v) is 6.06. The van der Waals surface area contributed by atoms with Gasteiger partial charge in [0.05, 0.1) is 10.5 Å². The van der Waals surface area contributed by atoms with Gasteiger partial charge in [0.1, 0.15) is 5.60 Å². The van der Waals surface area contributed by atoms with Crippen LogP contribution in [0.4, 0.5) is 0 Å². The molecule has 1 N–H and O–H groups in total. The Morgan fingerprint density at radius 2 is 1.53 bits per heavy atom. The van der Waals surface area contributed by atoms with Gasteiger partial charge in [-0.3, -0.25) is 0 Å². The standard InChI is InChI=1S/C38H40N2O4S/c1-25-27(3)40(24-29-12-16-30(17-13-29)33-10-8-9-11-34(33)37(41)44-38(4,5)6)36-21-18-31(22-35(25)36)26(2)39-23-28-14-19-32(20-15-28)45(7,42)43/h8-22,39H,2,23-24H2,1,3-7H3. The number of ether oxygens (including phenoxy) is 1. The Hall–Kier alpha value is -4.62. The molecule has 7 heteroatoms. The molecular weight excluding hydrogens is 580 g/mol. The van der Waals surface area contributed by atoms with Crippen molar-refractivity contribution in [2.75, 3.05) is 6.26 Å². The zero-order valence-corrected chi connectivity index (χ0v) is 27.6. The summed E-state index contributed by atoms with van der Waals surface area (Å²) in [5.41, 5.74) is 9.32. The Balaban J connectivity index is 1.33. The van der Waals surface area contributed by atoms with Gasteiger partial charge in [-0.05, 0) is 98.3 Å². The zero-order chi connectivity index (χ0) is 32.5. The molecule has 0 bridgehead atoms. The van der Waals surface area contributed by atoms with E-state index in [1.54, 1.807) is 12.1 Å². The number of sulfone groups is 1. The molecule has 5 aromatic rings. The minimum absolute atomic E-state index is 0.311. The molecule has 0 radical (unpaired) electrons. The smallest absolute Gasteiger partial charge is 0.339 e. The summed E-state index contributed by atoms with van der Waals surface area (Å²) < 4.78 is 31.5. The van der Waals surface area contributed by atoms with E-state index in [-0.39, 0.29) is 5.97 Å². The third-order valence-corrected chi connectivity index (χ3v) is 9.12. The van der Waals surface area contributed by atoms with Crippen molar-refractivity contribution < 1.29 is 17.9 Å². The number of aryl methyl sites for hydroxylation is 1. The predicted molar refractivity (Wildman–Crippen MR) is 183 cm³/mol. The lowest BCUT2D eigenvalue weighted by Gasteiger charge is -2.20. The highest BCUT2D eigenvalue weighted by molar-refractivity contribution is 7.90. The van der Waals surface area contributed by atoms with Crippen LogP contribution in [-0.4, -0.2) is 30.8 Å². The van der Waals surface area contributed by atoms with Gasteiger partial charge in [-0.15, -0.1) is 0 Å². The van der Waals surface area contributed by atoms with E-state index in [0.29, 0.717) is 23.5 Å². The monoisotopic (exact) mass is 620 g/mol. The topological polar surface area (TPSA) is 77.4 Å². The number of hydrogen-bond acceptors (Lipinski definition) is 5. The van der Waals surface area contributed by atoms with E-state index >= 15 is 0 Å². The second-order valence-electron chi connectivity index (χ2n) is 12.5. The van der Waals surface area contributed by atoms with Crippen LogP contribution >= 0.6 is 0 Å². The minimum atomic E-state index is -3.22. The maximum absolute atomic E-state index is 12.9. The summed E-state index contributed by atoms with van der Waals surface area (Å²) in [6, 6.07) is 29.2. The van der Waals surface area contributed by atoms with Crippen LogP contribution < -0.4 is 5.32 Å². The molecular formula is C38H40N2O4S. The first-order valence-electron chi connectivity index (χ1n) is 14.9. The van der Waals surface area contributed by atoms with Gasteiger partial charge in [0.25, 0.3) is 0 Å². The molecule has 0 aliphatic heterocycles. The molecule has 0 aliphatic rings. The first-order valence-corrected chi connectivity index (χ1v) is 16.8. The number of carbonyl (C=O) groups is 1. The van der Waals surface area contributed by atoms with E-state index in [4.69, 9.17) is 4.74 Å². The quantitative estimate of drug-likeness (QED) is 0.169. The van der Waals surface area contributed by atoms with E-state index in [1.165, 1.54) is 22.9 Å². The number of rotatable bonds is 9. The number of carbonyl (C=O) groups excluding carboxylic acids is 1. The molecule has 0 amide bonds. The van der Waals surface area contributed by atoms with E-state index in [0.717, 1.165) is 39.0 Å². The molecule has 0 saturated carbocycles. The molecule has 0 saturated heterocycles. The molecule has 0 spiro atoms. The van der Waals surface area contributed by atoms with E-state index in [2.05, 4.69) is 72.8 Å². The summed E-state index contributed by atoms with van der Waals surface area (Å²) in [5.74, 6) is -0.326. The van der Waals surface area contributed by atoms with Gasteiger partial charge in [0.2, 0.25) is 0 Å². The Morgan fingerprint density at radius 3 is 2.18 bits per heavy atom. The van der Waals surface area contributed by atoms with E-state index in [1.807, 2.05) is 57.2 Å². The van der Waals surface area contributed by atoms with Gasteiger partial charge in [0.15, 0.2) is 9.84 Å². The number of fused-ring (bicyclic) bond motifs is 1. The molecule has 6 nitrogen and oxygen atoms in total. The number of esters is 1.